The molecule has 0 unspecified atom stereocenters. The van der Waals surface area contributed by atoms with Gasteiger partial charge in [0.25, 0.3) is 5.91 Å². The number of carbonyl (C=O) groups excluding carboxylic acids is 2. The number of carbonyl (C=O) groups is 2. The Kier molecular flexibility index (Phi) is 5.07. The first kappa shape index (κ1) is 19.8. The number of fused-ring (bicyclic) bond motifs is 1. The van der Waals surface area contributed by atoms with Gasteiger partial charge >= 0.3 is 0 Å². The van der Waals surface area contributed by atoms with Crippen LogP contribution in [0.25, 0.3) is 0 Å². The van der Waals surface area contributed by atoms with Crippen LogP contribution in [0.15, 0.2) is 54.6 Å². The first-order valence-corrected chi connectivity index (χ1v) is 10.5. The van der Waals surface area contributed by atoms with Gasteiger partial charge in [-0.1, -0.05) is 53.6 Å². The highest BCUT2D eigenvalue weighted by Crippen LogP contribution is 2.44. The van der Waals surface area contributed by atoms with Crippen molar-refractivity contribution in [3.05, 3.63) is 86.1 Å². The van der Waals surface area contributed by atoms with Gasteiger partial charge < -0.3 is 10.0 Å². The van der Waals surface area contributed by atoms with E-state index in [1.807, 2.05) is 44.2 Å². The summed E-state index contributed by atoms with van der Waals surface area (Å²) in [5, 5.41) is 11.4. The van der Waals surface area contributed by atoms with E-state index < -0.39 is 11.5 Å². The SMILES string of the molecule is Cc1ccc(C)c(CN2C(=O)[C@](O)(CC(=O)c3ccc(Cl)s3)c3ccccc32)c1. The molecule has 1 aromatic heterocycles. The van der Waals surface area contributed by atoms with Gasteiger partial charge in [-0.05, 0) is 43.2 Å². The first-order chi connectivity index (χ1) is 13.8. The quantitative estimate of drug-likeness (QED) is 0.583. The van der Waals surface area contributed by atoms with E-state index >= 15 is 0 Å². The second-order valence-electron chi connectivity index (χ2n) is 7.40. The van der Waals surface area contributed by atoms with Crippen LogP contribution < -0.4 is 4.90 Å². The van der Waals surface area contributed by atoms with Crippen molar-refractivity contribution in [2.45, 2.75) is 32.4 Å². The zero-order valence-corrected chi connectivity index (χ0v) is 17.7. The molecule has 1 N–H and O–H groups in total. The monoisotopic (exact) mass is 425 g/mol. The summed E-state index contributed by atoms with van der Waals surface area (Å²) in [6.07, 6.45) is -0.316. The minimum atomic E-state index is -1.89. The average Bonchev–Trinajstić information content (AvgIpc) is 3.21. The van der Waals surface area contributed by atoms with E-state index in [-0.39, 0.29) is 12.2 Å². The van der Waals surface area contributed by atoms with Gasteiger partial charge in [0.1, 0.15) is 0 Å². The molecule has 0 aliphatic carbocycles. The van der Waals surface area contributed by atoms with E-state index in [2.05, 4.69) is 0 Å². The molecule has 0 radical (unpaired) electrons. The number of nitrogens with zero attached hydrogens (tertiary/aromatic N) is 1. The molecule has 1 atom stereocenters. The first-order valence-electron chi connectivity index (χ1n) is 9.28. The van der Waals surface area contributed by atoms with Gasteiger partial charge in [-0.25, -0.2) is 0 Å². The Balaban J connectivity index is 1.70. The number of hydrogen-bond acceptors (Lipinski definition) is 4. The van der Waals surface area contributed by atoms with Crippen LogP contribution >= 0.6 is 22.9 Å². The normalized spacial score (nSPS) is 18.2. The number of ketones is 1. The van der Waals surface area contributed by atoms with E-state index in [0.29, 0.717) is 27.0 Å². The molecule has 0 fully saturated rings. The standard InChI is InChI=1S/C23H20ClNO3S/c1-14-7-8-15(2)16(11-14)13-25-18-6-4-3-5-17(18)23(28,22(25)27)12-19(26)20-9-10-21(24)29-20/h3-11,28H,12-13H2,1-2H3/t23-/m0/s1. The molecule has 4 rings (SSSR count). The molecule has 0 spiro atoms. The van der Waals surface area contributed by atoms with Gasteiger partial charge in [-0.3, -0.25) is 9.59 Å². The van der Waals surface area contributed by atoms with E-state index in [9.17, 15) is 14.7 Å². The van der Waals surface area contributed by atoms with Crippen LogP contribution in [0.4, 0.5) is 5.69 Å². The number of benzene rings is 2. The average molecular weight is 426 g/mol. The third kappa shape index (κ3) is 3.50. The number of amides is 1. The second kappa shape index (κ2) is 7.41. The lowest BCUT2D eigenvalue weighted by molar-refractivity contribution is -0.136. The summed E-state index contributed by atoms with van der Waals surface area (Å²) in [4.78, 5) is 28.1. The molecule has 1 amide bonds. The van der Waals surface area contributed by atoms with Crippen LogP contribution in [0, 0.1) is 13.8 Å². The van der Waals surface area contributed by atoms with Crippen LogP contribution in [-0.2, 0) is 16.9 Å². The van der Waals surface area contributed by atoms with Gasteiger partial charge in [-0.2, -0.15) is 0 Å². The Bertz CT molecular complexity index is 1120. The highest BCUT2D eigenvalue weighted by molar-refractivity contribution is 7.18. The Labute approximate surface area is 178 Å². The predicted molar refractivity (Wildman–Crippen MR) is 116 cm³/mol. The number of aliphatic hydroxyl groups is 1. The van der Waals surface area contributed by atoms with Crippen molar-refractivity contribution in [3.63, 3.8) is 0 Å². The molecule has 148 valence electrons. The van der Waals surface area contributed by atoms with Crippen molar-refractivity contribution < 1.29 is 14.7 Å². The summed E-state index contributed by atoms with van der Waals surface area (Å²) in [5.41, 5.74) is 2.39. The minimum Gasteiger partial charge on any atom is -0.375 e. The summed E-state index contributed by atoms with van der Waals surface area (Å²) in [5.74, 6) is -0.781. The van der Waals surface area contributed by atoms with Crippen LogP contribution in [0.5, 0.6) is 0 Å². The molecule has 2 heterocycles. The zero-order valence-electron chi connectivity index (χ0n) is 16.1. The number of hydrogen-bond donors (Lipinski definition) is 1. The Morgan fingerprint density at radius 2 is 1.90 bits per heavy atom. The van der Waals surface area contributed by atoms with Crippen LogP contribution in [-0.4, -0.2) is 16.8 Å². The van der Waals surface area contributed by atoms with Crippen LogP contribution in [0.1, 0.15) is 38.3 Å². The molecule has 0 bridgehead atoms. The number of aryl methyl sites for hydroxylation is 2. The van der Waals surface area contributed by atoms with E-state index in [0.717, 1.165) is 28.0 Å². The number of para-hydroxylation sites is 1. The third-order valence-corrected chi connectivity index (χ3v) is 6.61. The molecule has 3 aromatic rings. The van der Waals surface area contributed by atoms with Gasteiger partial charge in [0.15, 0.2) is 11.4 Å². The minimum absolute atomic E-state index is 0.305. The number of anilines is 1. The molecule has 1 aliphatic rings. The molecule has 1 aliphatic heterocycles. The van der Waals surface area contributed by atoms with Crippen molar-refractivity contribution in [1.29, 1.82) is 0 Å². The number of halogens is 1. The molecule has 0 saturated carbocycles. The van der Waals surface area contributed by atoms with Crippen LogP contribution in [0.3, 0.4) is 0 Å². The Hall–Kier alpha value is -2.47. The second-order valence-corrected chi connectivity index (χ2v) is 9.12. The highest BCUT2D eigenvalue weighted by atomic mass is 35.5. The summed E-state index contributed by atoms with van der Waals surface area (Å²) in [6, 6.07) is 16.5. The smallest absolute Gasteiger partial charge is 0.264 e. The van der Waals surface area contributed by atoms with E-state index in [4.69, 9.17) is 11.6 Å². The third-order valence-electron chi connectivity index (χ3n) is 5.34. The maximum absolute atomic E-state index is 13.4. The fourth-order valence-electron chi connectivity index (χ4n) is 3.76. The van der Waals surface area contributed by atoms with Crippen molar-refractivity contribution in [1.82, 2.24) is 0 Å². The van der Waals surface area contributed by atoms with E-state index in [1.54, 1.807) is 29.2 Å². The fraction of sp³-hybridized carbons (Fsp3) is 0.217. The summed E-state index contributed by atoms with van der Waals surface area (Å²) >= 11 is 7.08. The molecular formula is C23H20ClNO3S. The van der Waals surface area contributed by atoms with Crippen LogP contribution in [0.2, 0.25) is 4.34 Å². The maximum atomic E-state index is 13.4. The summed E-state index contributed by atoms with van der Waals surface area (Å²) in [7, 11) is 0. The van der Waals surface area contributed by atoms with Crippen molar-refractivity contribution >= 4 is 40.3 Å². The van der Waals surface area contributed by atoms with Gasteiger partial charge in [0.05, 0.1) is 27.9 Å². The highest BCUT2D eigenvalue weighted by Gasteiger charge is 2.50. The lowest BCUT2D eigenvalue weighted by Crippen LogP contribution is -2.41. The van der Waals surface area contributed by atoms with Gasteiger partial charge in [-0.15, -0.1) is 11.3 Å². The topological polar surface area (TPSA) is 57.6 Å². The molecule has 6 heteroatoms. The molecule has 0 saturated heterocycles. The zero-order chi connectivity index (χ0) is 20.8. The van der Waals surface area contributed by atoms with Crippen molar-refractivity contribution in [2.24, 2.45) is 0 Å². The number of thiophene rings is 1. The fourth-order valence-corrected chi connectivity index (χ4v) is 4.74. The largest absolute Gasteiger partial charge is 0.375 e. The molecule has 2 aromatic carbocycles. The van der Waals surface area contributed by atoms with E-state index in [1.165, 1.54) is 0 Å². The number of Topliss-reactive ketones (excluding diaryl/α,β-unsaturated/α-hetero) is 1. The summed E-state index contributed by atoms with van der Waals surface area (Å²) in [6.45, 7) is 4.34. The lowest BCUT2D eigenvalue weighted by Gasteiger charge is -2.23. The Morgan fingerprint density at radius 3 is 2.62 bits per heavy atom. The lowest BCUT2D eigenvalue weighted by atomic mass is 9.89. The van der Waals surface area contributed by atoms with Crippen molar-refractivity contribution in [2.75, 3.05) is 4.90 Å². The molecule has 4 nitrogen and oxygen atoms in total. The Morgan fingerprint density at radius 1 is 1.14 bits per heavy atom. The maximum Gasteiger partial charge on any atom is 0.264 e. The van der Waals surface area contributed by atoms with Crippen molar-refractivity contribution in [3.8, 4) is 0 Å². The predicted octanol–water partition coefficient (Wildman–Crippen LogP) is 5.03. The van der Waals surface area contributed by atoms with Gasteiger partial charge in [0.2, 0.25) is 0 Å². The van der Waals surface area contributed by atoms with Gasteiger partial charge in [0, 0.05) is 5.56 Å². The molecular weight excluding hydrogens is 406 g/mol. The number of rotatable bonds is 5. The summed E-state index contributed by atoms with van der Waals surface area (Å²) < 4.78 is 0.495. The molecule has 29 heavy (non-hydrogen) atoms.